The van der Waals surface area contributed by atoms with Crippen molar-refractivity contribution in [3.8, 4) is 0 Å². The summed E-state index contributed by atoms with van der Waals surface area (Å²) in [6.07, 6.45) is 2.39. The minimum atomic E-state index is -0.833. The van der Waals surface area contributed by atoms with E-state index in [2.05, 4.69) is 39.1 Å². The van der Waals surface area contributed by atoms with Gasteiger partial charge in [-0.25, -0.2) is 0 Å². The number of piperidine rings is 1. The topological polar surface area (TPSA) is 106 Å². The van der Waals surface area contributed by atoms with Gasteiger partial charge < -0.3 is 19.5 Å². The van der Waals surface area contributed by atoms with Crippen molar-refractivity contribution in [2.45, 2.75) is 56.4 Å². The molecule has 0 bridgehead atoms. The molecular weight excluding hydrogens is 354 g/mol. The largest absolute Gasteiger partial charge is 0.481 e. The van der Waals surface area contributed by atoms with Gasteiger partial charge in [-0.3, -0.25) is 4.79 Å². The summed E-state index contributed by atoms with van der Waals surface area (Å²) in [5.74, 6) is 2.73. The third-order valence-corrected chi connectivity index (χ3v) is 5.09. The second-order valence-corrected chi connectivity index (χ2v) is 7.57. The molecule has 1 fully saturated rings. The smallest absolute Gasteiger partial charge is 0.300 e. The maximum absolute atomic E-state index is 9.00. The number of carboxylic acids is 1. The van der Waals surface area contributed by atoms with E-state index in [0.717, 1.165) is 48.2 Å². The molecule has 0 amide bonds. The number of carboxylic acid groups (broad SMARTS) is 1. The third-order valence-electron chi connectivity index (χ3n) is 4.04. The normalized spacial score (nSPS) is 17.0. The van der Waals surface area contributed by atoms with Crippen LogP contribution in [0.4, 0.5) is 0 Å². The Hall–Kier alpha value is -1.87. The summed E-state index contributed by atoms with van der Waals surface area (Å²) < 4.78 is 7.49. The Bertz CT molecular complexity index is 703. The zero-order valence-corrected chi connectivity index (χ0v) is 16.5. The van der Waals surface area contributed by atoms with E-state index in [0.29, 0.717) is 11.8 Å². The predicted octanol–water partition coefficient (Wildman–Crippen LogP) is 2.78. The summed E-state index contributed by atoms with van der Waals surface area (Å²) in [6.45, 7) is 7.42. The average Bonchev–Trinajstić information content (AvgIpc) is 3.20. The predicted molar refractivity (Wildman–Crippen MR) is 99.3 cm³/mol. The Labute approximate surface area is 157 Å². The fourth-order valence-corrected chi connectivity index (χ4v) is 3.48. The van der Waals surface area contributed by atoms with Crippen LogP contribution < -0.4 is 5.32 Å². The van der Waals surface area contributed by atoms with Gasteiger partial charge in [0.05, 0.1) is 11.4 Å². The average molecular weight is 382 g/mol. The molecule has 2 N–H and O–H groups in total. The highest BCUT2D eigenvalue weighted by Crippen LogP contribution is 2.27. The molecule has 3 rings (SSSR count). The molecule has 2 aromatic rings. The lowest BCUT2D eigenvalue weighted by Crippen LogP contribution is -2.29. The van der Waals surface area contributed by atoms with Crippen LogP contribution in [0.3, 0.4) is 0 Å². The van der Waals surface area contributed by atoms with E-state index in [9.17, 15) is 0 Å². The van der Waals surface area contributed by atoms with E-state index in [-0.39, 0.29) is 0 Å². The van der Waals surface area contributed by atoms with Gasteiger partial charge in [0.2, 0.25) is 0 Å². The number of hydrogen-bond donors (Lipinski definition) is 2. The van der Waals surface area contributed by atoms with Crippen molar-refractivity contribution >= 4 is 17.7 Å². The molecule has 1 unspecified atom stereocenters. The molecule has 0 saturated carbocycles. The molecule has 144 valence electrons. The lowest BCUT2D eigenvalue weighted by atomic mass is 9.99. The summed E-state index contributed by atoms with van der Waals surface area (Å²) in [4.78, 5) is 9.00. The van der Waals surface area contributed by atoms with Gasteiger partial charge in [-0.15, -0.1) is 10.2 Å². The monoisotopic (exact) mass is 381 g/mol. The van der Waals surface area contributed by atoms with Gasteiger partial charge in [0.15, 0.2) is 5.16 Å². The third kappa shape index (κ3) is 5.84. The van der Waals surface area contributed by atoms with Crippen molar-refractivity contribution in [3.63, 3.8) is 0 Å². The van der Waals surface area contributed by atoms with E-state index < -0.39 is 5.97 Å². The minimum absolute atomic E-state index is 0.391. The fourth-order valence-electron chi connectivity index (χ4n) is 2.68. The standard InChI is InChI=1S/C15H23N5OS.C2H4O2/c1-10(2)13-7-12(21-19-13)9-22-15-18-17-14(20(15)3)11-5-4-6-16-8-11;1-2(3)4/h7,10-11,16H,4-6,8-9H2,1-3H3;1H3,(H,3,4). The Kier molecular flexibility index (Phi) is 7.65. The zero-order chi connectivity index (χ0) is 19.1. The lowest BCUT2D eigenvalue weighted by Gasteiger charge is -2.21. The van der Waals surface area contributed by atoms with Crippen molar-refractivity contribution in [1.82, 2.24) is 25.2 Å². The Morgan fingerprint density at radius 2 is 2.23 bits per heavy atom. The molecule has 2 aromatic heterocycles. The van der Waals surface area contributed by atoms with Crippen LogP contribution >= 0.6 is 11.8 Å². The molecule has 0 spiro atoms. The first-order valence-corrected chi connectivity index (χ1v) is 9.74. The first-order chi connectivity index (χ1) is 12.4. The van der Waals surface area contributed by atoms with Crippen LogP contribution in [0.25, 0.3) is 0 Å². The minimum Gasteiger partial charge on any atom is -0.481 e. The number of nitrogens with zero attached hydrogens (tertiary/aromatic N) is 4. The van der Waals surface area contributed by atoms with Crippen LogP contribution in [-0.2, 0) is 17.6 Å². The zero-order valence-electron chi connectivity index (χ0n) is 15.7. The Morgan fingerprint density at radius 1 is 1.50 bits per heavy atom. The molecular formula is C17H27N5O3S. The molecule has 9 heteroatoms. The van der Waals surface area contributed by atoms with E-state index in [1.54, 1.807) is 11.8 Å². The summed E-state index contributed by atoms with van der Waals surface area (Å²) in [6, 6.07) is 2.03. The van der Waals surface area contributed by atoms with Crippen molar-refractivity contribution < 1.29 is 14.4 Å². The molecule has 1 atom stereocenters. The molecule has 1 aliphatic heterocycles. The van der Waals surface area contributed by atoms with Crippen molar-refractivity contribution in [3.05, 3.63) is 23.3 Å². The van der Waals surface area contributed by atoms with E-state index in [1.165, 1.54) is 12.8 Å². The maximum Gasteiger partial charge on any atom is 0.300 e. The van der Waals surface area contributed by atoms with Crippen molar-refractivity contribution in [2.75, 3.05) is 13.1 Å². The summed E-state index contributed by atoms with van der Waals surface area (Å²) in [5.41, 5.74) is 1.00. The first-order valence-electron chi connectivity index (χ1n) is 8.76. The molecule has 8 nitrogen and oxygen atoms in total. The van der Waals surface area contributed by atoms with Gasteiger partial charge in [0, 0.05) is 32.5 Å². The van der Waals surface area contributed by atoms with Crippen LogP contribution in [0.15, 0.2) is 15.7 Å². The molecule has 0 aromatic carbocycles. The van der Waals surface area contributed by atoms with Gasteiger partial charge in [0.25, 0.3) is 5.97 Å². The summed E-state index contributed by atoms with van der Waals surface area (Å²) in [5, 5.41) is 24.6. The Morgan fingerprint density at radius 3 is 2.81 bits per heavy atom. The van der Waals surface area contributed by atoms with Crippen LogP contribution in [0.1, 0.15) is 62.7 Å². The Balaban J connectivity index is 0.000000552. The highest BCUT2D eigenvalue weighted by atomic mass is 32.2. The second kappa shape index (κ2) is 9.72. The molecule has 1 aliphatic rings. The number of hydrogen-bond acceptors (Lipinski definition) is 7. The lowest BCUT2D eigenvalue weighted by molar-refractivity contribution is -0.134. The maximum atomic E-state index is 9.00. The van der Waals surface area contributed by atoms with Crippen LogP contribution in [-0.4, -0.2) is 44.1 Å². The van der Waals surface area contributed by atoms with Crippen LogP contribution in [0.5, 0.6) is 0 Å². The second-order valence-electron chi connectivity index (χ2n) is 6.62. The molecule has 0 aliphatic carbocycles. The van der Waals surface area contributed by atoms with Gasteiger partial charge >= 0.3 is 0 Å². The number of nitrogens with one attached hydrogen (secondary N) is 1. The quantitative estimate of drug-likeness (QED) is 0.762. The number of carbonyl (C=O) groups is 1. The summed E-state index contributed by atoms with van der Waals surface area (Å²) in [7, 11) is 2.05. The number of thioether (sulfide) groups is 1. The molecule has 1 saturated heterocycles. The number of aliphatic carboxylic acids is 1. The first kappa shape index (κ1) is 20.4. The van der Waals surface area contributed by atoms with E-state index in [4.69, 9.17) is 14.4 Å². The van der Waals surface area contributed by atoms with Crippen LogP contribution in [0, 0.1) is 0 Å². The highest BCUT2D eigenvalue weighted by molar-refractivity contribution is 7.98. The number of rotatable bonds is 5. The molecule has 3 heterocycles. The summed E-state index contributed by atoms with van der Waals surface area (Å²) >= 11 is 1.65. The van der Waals surface area contributed by atoms with E-state index in [1.807, 2.05) is 13.1 Å². The van der Waals surface area contributed by atoms with Gasteiger partial charge in [-0.05, 0) is 25.3 Å². The van der Waals surface area contributed by atoms with Gasteiger partial charge in [0.1, 0.15) is 11.6 Å². The fraction of sp³-hybridized carbons (Fsp3) is 0.647. The van der Waals surface area contributed by atoms with Crippen LogP contribution in [0.2, 0.25) is 0 Å². The highest BCUT2D eigenvalue weighted by Gasteiger charge is 2.22. The SMILES string of the molecule is CC(=O)O.CC(C)c1cc(CSc2nnc(C3CCCNC3)n2C)on1. The molecule has 26 heavy (non-hydrogen) atoms. The van der Waals surface area contributed by atoms with E-state index >= 15 is 0 Å². The van der Waals surface area contributed by atoms with Gasteiger partial charge in [-0.1, -0.05) is 30.8 Å². The van der Waals surface area contributed by atoms with Crippen molar-refractivity contribution in [1.29, 1.82) is 0 Å². The number of aromatic nitrogens is 4. The molecule has 0 radical (unpaired) electrons. The van der Waals surface area contributed by atoms with Crippen molar-refractivity contribution in [2.24, 2.45) is 7.05 Å². The van der Waals surface area contributed by atoms with Gasteiger partial charge in [-0.2, -0.15) is 0 Å².